The summed E-state index contributed by atoms with van der Waals surface area (Å²) in [5.41, 5.74) is 1.79. The second-order valence-corrected chi connectivity index (χ2v) is 5.66. The van der Waals surface area contributed by atoms with Gasteiger partial charge >= 0.3 is 0 Å². The largest absolute Gasteiger partial charge is 0.354 e. The molecule has 1 amide bonds. The van der Waals surface area contributed by atoms with Crippen molar-refractivity contribution in [2.75, 3.05) is 38.5 Å². The summed E-state index contributed by atoms with van der Waals surface area (Å²) in [6.07, 6.45) is 1.59. The second kappa shape index (κ2) is 6.75. The molecule has 1 aromatic heterocycles. The molecule has 5 nitrogen and oxygen atoms in total. The number of carbonyl (C=O) groups is 1. The van der Waals surface area contributed by atoms with E-state index in [0.717, 1.165) is 26.2 Å². The molecule has 0 radical (unpaired) electrons. The Morgan fingerprint density at radius 3 is 2.57 bits per heavy atom. The molecule has 23 heavy (non-hydrogen) atoms. The van der Waals surface area contributed by atoms with Gasteiger partial charge in [0.2, 0.25) is 0 Å². The van der Waals surface area contributed by atoms with Crippen LogP contribution >= 0.6 is 0 Å². The molecule has 3 rings (SSSR count). The molecule has 1 aliphatic heterocycles. The highest BCUT2D eigenvalue weighted by molar-refractivity contribution is 5.92. The van der Waals surface area contributed by atoms with Crippen LogP contribution in [0.1, 0.15) is 10.5 Å². The van der Waals surface area contributed by atoms with Crippen molar-refractivity contribution in [1.29, 1.82) is 0 Å². The summed E-state index contributed by atoms with van der Waals surface area (Å²) in [7, 11) is 2.05. The van der Waals surface area contributed by atoms with E-state index in [1.54, 1.807) is 30.5 Å². The van der Waals surface area contributed by atoms with E-state index in [9.17, 15) is 9.18 Å². The number of nitrogens with zero attached hydrogens (tertiary/aromatic N) is 3. The van der Waals surface area contributed by atoms with Crippen molar-refractivity contribution in [3.05, 3.63) is 54.1 Å². The third-order valence-corrected chi connectivity index (χ3v) is 3.89. The number of likely N-dealkylation sites (N-methyl/N-ethyl adjacent to an activating group) is 1. The SMILES string of the molecule is CN1CCN(C(=O)c2ccc(Nc3cccc(F)c3)cn2)CC1. The smallest absolute Gasteiger partial charge is 0.272 e. The van der Waals surface area contributed by atoms with Crippen molar-refractivity contribution in [2.45, 2.75) is 0 Å². The van der Waals surface area contributed by atoms with E-state index in [1.165, 1.54) is 12.1 Å². The van der Waals surface area contributed by atoms with Gasteiger partial charge in [-0.2, -0.15) is 0 Å². The molecule has 0 aliphatic carbocycles. The molecule has 1 N–H and O–H groups in total. The van der Waals surface area contributed by atoms with E-state index in [4.69, 9.17) is 0 Å². The van der Waals surface area contributed by atoms with Crippen LogP contribution < -0.4 is 5.32 Å². The number of piperazine rings is 1. The first-order valence-corrected chi connectivity index (χ1v) is 7.58. The minimum Gasteiger partial charge on any atom is -0.354 e. The van der Waals surface area contributed by atoms with Crippen LogP contribution in [-0.4, -0.2) is 53.9 Å². The second-order valence-electron chi connectivity index (χ2n) is 5.66. The number of hydrogen-bond acceptors (Lipinski definition) is 4. The number of halogens is 1. The number of benzene rings is 1. The minimum absolute atomic E-state index is 0.0459. The Labute approximate surface area is 134 Å². The summed E-state index contributed by atoms with van der Waals surface area (Å²) in [5.74, 6) is -0.347. The monoisotopic (exact) mass is 314 g/mol. The van der Waals surface area contributed by atoms with Crippen LogP contribution in [0.4, 0.5) is 15.8 Å². The normalized spacial score (nSPS) is 15.5. The Hall–Kier alpha value is -2.47. The van der Waals surface area contributed by atoms with Gasteiger partial charge in [-0.15, -0.1) is 0 Å². The van der Waals surface area contributed by atoms with Gasteiger partial charge in [-0.3, -0.25) is 4.79 Å². The lowest BCUT2D eigenvalue weighted by Crippen LogP contribution is -2.47. The lowest BCUT2D eigenvalue weighted by molar-refractivity contribution is 0.0658. The van der Waals surface area contributed by atoms with Crippen LogP contribution in [0.5, 0.6) is 0 Å². The zero-order chi connectivity index (χ0) is 16.2. The highest BCUT2D eigenvalue weighted by Gasteiger charge is 2.21. The molecule has 1 fully saturated rings. The van der Waals surface area contributed by atoms with Crippen LogP contribution in [0.25, 0.3) is 0 Å². The number of amides is 1. The average Bonchev–Trinajstić information content (AvgIpc) is 2.56. The number of pyridine rings is 1. The van der Waals surface area contributed by atoms with Gasteiger partial charge in [0, 0.05) is 31.9 Å². The predicted octanol–water partition coefficient (Wildman–Crippen LogP) is 2.35. The van der Waals surface area contributed by atoms with Crippen molar-refractivity contribution < 1.29 is 9.18 Å². The van der Waals surface area contributed by atoms with Crippen molar-refractivity contribution in [2.24, 2.45) is 0 Å². The summed E-state index contributed by atoms with van der Waals surface area (Å²) in [6.45, 7) is 3.20. The van der Waals surface area contributed by atoms with Crippen molar-refractivity contribution >= 4 is 17.3 Å². The van der Waals surface area contributed by atoms with Crippen molar-refractivity contribution in [3.8, 4) is 0 Å². The molecule has 2 heterocycles. The van der Waals surface area contributed by atoms with E-state index in [-0.39, 0.29) is 11.7 Å². The van der Waals surface area contributed by atoms with E-state index >= 15 is 0 Å². The summed E-state index contributed by atoms with van der Waals surface area (Å²) >= 11 is 0. The number of nitrogens with one attached hydrogen (secondary N) is 1. The van der Waals surface area contributed by atoms with Gasteiger partial charge in [0.05, 0.1) is 11.9 Å². The Kier molecular flexibility index (Phi) is 4.52. The molecular formula is C17H19FN4O. The number of hydrogen-bond donors (Lipinski definition) is 1. The van der Waals surface area contributed by atoms with E-state index in [1.807, 2.05) is 11.9 Å². The maximum Gasteiger partial charge on any atom is 0.272 e. The topological polar surface area (TPSA) is 48.5 Å². The fourth-order valence-electron chi connectivity index (χ4n) is 2.50. The molecule has 1 saturated heterocycles. The van der Waals surface area contributed by atoms with Gasteiger partial charge in [0.1, 0.15) is 11.5 Å². The van der Waals surface area contributed by atoms with E-state index in [0.29, 0.717) is 17.1 Å². The van der Waals surface area contributed by atoms with Gasteiger partial charge < -0.3 is 15.1 Å². The van der Waals surface area contributed by atoms with E-state index in [2.05, 4.69) is 15.2 Å². The van der Waals surface area contributed by atoms with Gasteiger partial charge in [-0.25, -0.2) is 9.37 Å². The number of anilines is 2. The van der Waals surface area contributed by atoms with Gasteiger partial charge in [0.15, 0.2) is 0 Å². The number of rotatable bonds is 3. The van der Waals surface area contributed by atoms with Crippen LogP contribution in [0.15, 0.2) is 42.6 Å². The Morgan fingerprint density at radius 2 is 1.91 bits per heavy atom. The summed E-state index contributed by atoms with van der Waals surface area (Å²) < 4.78 is 13.2. The molecule has 0 bridgehead atoms. The molecular weight excluding hydrogens is 295 g/mol. The third-order valence-electron chi connectivity index (χ3n) is 3.89. The fraction of sp³-hybridized carbons (Fsp3) is 0.294. The Morgan fingerprint density at radius 1 is 1.13 bits per heavy atom. The molecule has 6 heteroatoms. The molecule has 1 aliphatic rings. The average molecular weight is 314 g/mol. The Balaban J connectivity index is 1.66. The molecule has 0 spiro atoms. The lowest BCUT2D eigenvalue weighted by Gasteiger charge is -2.32. The van der Waals surface area contributed by atoms with Crippen LogP contribution in [0.2, 0.25) is 0 Å². The summed E-state index contributed by atoms with van der Waals surface area (Å²) in [5, 5.41) is 3.06. The molecule has 2 aromatic rings. The zero-order valence-corrected chi connectivity index (χ0v) is 13.0. The van der Waals surface area contributed by atoms with Crippen molar-refractivity contribution in [1.82, 2.24) is 14.8 Å². The number of aromatic nitrogens is 1. The van der Waals surface area contributed by atoms with Crippen LogP contribution in [0.3, 0.4) is 0 Å². The first-order chi connectivity index (χ1) is 11.1. The molecule has 120 valence electrons. The summed E-state index contributed by atoms with van der Waals surface area (Å²) in [6, 6.07) is 9.68. The molecule has 1 aromatic carbocycles. The first-order valence-electron chi connectivity index (χ1n) is 7.58. The van der Waals surface area contributed by atoms with Crippen LogP contribution in [0, 0.1) is 5.82 Å². The maximum atomic E-state index is 13.2. The first kappa shape index (κ1) is 15.4. The lowest BCUT2D eigenvalue weighted by atomic mass is 10.2. The fourth-order valence-corrected chi connectivity index (χ4v) is 2.50. The highest BCUT2D eigenvalue weighted by Crippen LogP contribution is 2.17. The third kappa shape index (κ3) is 3.84. The van der Waals surface area contributed by atoms with Gasteiger partial charge in [-0.05, 0) is 37.4 Å². The Bertz CT molecular complexity index is 681. The van der Waals surface area contributed by atoms with Crippen molar-refractivity contribution in [3.63, 3.8) is 0 Å². The molecule has 0 atom stereocenters. The van der Waals surface area contributed by atoms with Crippen LogP contribution in [-0.2, 0) is 0 Å². The van der Waals surface area contributed by atoms with E-state index < -0.39 is 0 Å². The highest BCUT2D eigenvalue weighted by atomic mass is 19.1. The minimum atomic E-state index is -0.301. The number of carbonyl (C=O) groups excluding carboxylic acids is 1. The molecule has 0 unspecified atom stereocenters. The zero-order valence-electron chi connectivity index (χ0n) is 13.0. The van der Waals surface area contributed by atoms with Gasteiger partial charge in [0.25, 0.3) is 5.91 Å². The standard InChI is InChI=1S/C17H19FN4O/c1-21-7-9-22(10-8-21)17(23)16-6-5-15(12-19-16)20-14-4-2-3-13(18)11-14/h2-6,11-12,20H,7-10H2,1H3. The molecule has 0 saturated carbocycles. The summed E-state index contributed by atoms with van der Waals surface area (Å²) in [4.78, 5) is 20.6. The van der Waals surface area contributed by atoms with Gasteiger partial charge in [-0.1, -0.05) is 6.07 Å². The quantitative estimate of drug-likeness (QED) is 0.945. The maximum absolute atomic E-state index is 13.2. The predicted molar refractivity (Wildman–Crippen MR) is 87.3 cm³/mol.